The molecule has 0 aromatic carbocycles. The van der Waals surface area contributed by atoms with Crippen LogP contribution >= 0.6 is 0 Å². The number of H-pyrrole nitrogens is 2. The summed E-state index contributed by atoms with van der Waals surface area (Å²) in [7, 11) is 0. The number of hydrogen-bond donors (Lipinski definition) is 2. The van der Waals surface area contributed by atoms with Gasteiger partial charge in [0.05, 0.1) is 13.1 Å². The zero-order valence-corrected chi connectivity index (χ0v) is 13.8. The van der Waals surface area contributed by atoms with Crippen molar-refractivity contribution in [3.05, 3.63) is 37.4 Å². The molecule has 0 aliphatic heterocycles. The van der Waals surface area contributed by atoms with E-state index >= 15 is 0 Å². The van der Waals surface area contributed by atoms with Crippen molar-refractivity contribution in [1.82, 2.24) is 9.97 Å². The highest BCUT2D eigenvalue weighted by Crippen LogP contribution is 1.66. The van der Waals surface area contributed by atoms with E-state index in [-0.39, 0.29) is 48.0 Å². The van der Waals surface area contributed by atoms with Crippen LogP contribution in [0.4, 0.5) is 0 Å². The standard InChI is InChI=1S/2C5H8N2.2HI/c2*1-2-7-4-3-6-5-7;;/h2*3-5H,2H2,1H3;2*1H. The third kappa shape index (κ3) is 7.20. The third-order valence-electron chi connectivity index (χ3n) is 1.94. The SMILES string of the molecule is CC[n+]1cc[nH]c1.CC[n+]1cc[nH]c1.[I-].[I-]. The van der Waals surface area contributed by atoms with Gasteiger partial charge in [0.25, 0.3) is 0 Å². The average molecular weight is 448 g/mol. The van der Waals surface area contributed by atoms with Crippen LogP contribution in [-0.4, -0.2) is 9.97 Å². The molecule has 2 rings (SSSR count). The minimum absolute atomic E-state index is 0. The summed E-state index contributed by atoms with van der Waals surface area (Å²) in [5, 5.41) is 0. The van der Waals surface area contributed by atoms with Crippen molar-refractivity contribution < 1.29 is 57.1 Å². The van der Waals surface area contributed by atoms with E-state index in [4.69, 9.17) is 0 Å². The van der Waals surface area contributed by atoms with Crippen LogP contribution in [0.2, 0.25) is 0 Å². The number of aromatic nitrogens is 4. The second-order valence-electron chi connectivity index (χ2n) is 2.88. The van der Waals surface area contributed by atoms with Crippen LogP contribution in [0.1, 0.15) is 13.8 Å². The van der Waals surface area contributed by atoms with E-state index in [9.17, 15) is 0 Å². The molecule has 92 valence electrons. The molecule has 0 radical (unpaired) electrons. The lowest BCUT2D eigenvalue weighted by atomic mass is 10.7. The van der Waals surface area contributed by atoms with Crippen molar-refractivity contribution >= 4 is 0 Å². The zero-order valence-electron chi connectivity index (χ0n) is 9.53. The van der Waals surface area contributed by atoms with Gasteiger partial charge in [-0.2, -0.15) is 0 Å². The van der Waals surface area contributed by atoms with Gasteiger partial charge in [-0.1, -0.05) is 0 Å². The van der Waals surface area contributed by atoms with Gasteiger partial charge >= 0.3 is 0 Å². The molecule has 0 amide bonds. The average Bonchev–Trinajstić information content (AvgIpc) is 2.92. The third-order valence-corrected chi connectivity index (χ3v) is 1.94. The molecule has 4 nitrogen and oxygen atoms in total. The summed E-state index contributed by atoms with van der Waals surface area (Å²) >= 11 is 0. The van der Waals surface area contributed by atoms with E-state index in [0.29, 0.717) is 0 Å². The number of halogens is 2. The predicted molar refractivity (Wildman–Crippen MR) is 53.3 cm³/mol. The lowest BCUT2D eigenvalue weighted by Gasteiger charge is -1.79. The van der Waals surface area contributed by atoms with Gasteiger partial charge in [0, 0.05) is 0 Å². The van der Waals surface area contributed by atoms with Crippen LogP contribution < -0.4 is 57.1 Å². The van der Waals surface area contributed by atoms with E-state index in [1.165, 1.54) is 0 Å². The second-order valence-corrected chi connectivity index (χ2v) is 2.88. The smallest absolute Gasteiger partial charge is 0.241 e. The van der Waals surface area contributed by atoms with Crippen molar-refractivity contribution in [2.45, 2.75) is 26.9 Å². The number of hydrogen-bond acceptors (Lipinski definition) is 0. The fourth-order valence-electron chi connectivity index (χ4n) is 1.03. The van der Waals surface area contributed by atoms with Crippen molar-refractivity contribution in [1.29, 1.82) is 0 Å². The number of imidazole rings is 2. The maximum absolute atomic E-state index is 2.94. The minimum atomic E-state index is 0. The molecule has 6 heteroatoms. The molecule has 0 unspecified atom stereocenters. The highest BCUT2D eigenvalue weighted by atomic mass is 127. The summed E-state index contributed by atoms with van der Waals surface area (Å²) in [5.41, 5.74) is 0. The molecule has 0 aliphatic rings. The Bertz CT molecular complexity index is 284. The van der Waals surface area contributed by atoms with Gasteiger partial charge in [-0.15, -0.1) is 0 Å². The molecule has 2 N–H and O–H groups in total. The Balaban J connectivity index is 0. The van der Waals surface area contributed by atoms with Crippen LogP contribution in [0.5, 0.6) is 0 Å². The van der Waals surface area contributed by atoms with Crippen molar-refractivity contribution in [2.24, 2.45) is 0 Å². The molecule has 0 saturated carbocycles. The summed E-state index contributed by atoms with van der Waals surface area (Å²) in [6, 6.07) is 0. The Morgan fingerprint density at radius 1 is 0.812 bits per heavy atom. The summed E-state index contributed by atoms with van der Waals surface area (Å²) in [4.78, 5) is 5.89. The first-order valence-corrected chi connectivity index (χ1v) is 4.90. The number of nitrogens with one attached hydrogen (secondary N) is 2. The van der Waals surface area contributed by atoms with Crippen LogP contribution in [0.15, 0.2) is 37.4 Å². The van der Waals surface area contributed by atoms with Crippen molar-refractivity contribution in [3.8, 4) is 0 Å². The molecule has 0 fully saturated rings. The summed E-state index contributed by atoms with van der Waals surface area (Å²) in [6.07, 6.45) is 11.7. The van der Waals surface area contributed by atoms with Crippen molar-refractivity contribution in [2.75, 3.05) is 0 Å². The van der Waals surface area contributed by atoms with E-state index in [0.717, 1.165) is 13.1 Å². The highest BCUT2D eigenvalue weighted by molar-refractivity contribution is 4.55. The second kappa shape index (κ2) is 11.4. The summed E-state index contributed by atoms with van der Waals surface area (Å²) in [5.74, 6) is 0. The number of aryl methyl sites for hydroxylation is 2. The lowest BCUT2D eigenvalue weighted by Crippen LogP contribution is -3.00. The number of nitrogens with zero attached hydrogens (tertiary/aromatic N) is 2. The maximum Gasteiger partial charge on any atom is 0.241 e. The zero-order chi connectivity index (χ0) is 10.2. The molecule has 0 saturated heterocycles. The van der Waals surface area contributed by atoms with Crippen LogP contribution in [-0.2, 0) is 13.1 Å². The number of aromatic amines is 2. The molecule has 0 spiro atoms. The van der Waals surface area contributed by atoms with E-state index in [2.05, 4.69) is 32.9 Å². The lowest BCUT2D eigenvalue weighted by molar-refractivity contribution is -0.692. The molecule has 16 heavy (non-hydrogen) atoms. The normalized spacial score (nSPS) is 8.12. The topological polar surface area (TPSA) is 39.3 Å². The molecule has 0 aliphatic carbocycles. The van der Waals surface area contributed by atoms with E-state index < -0.39 is 0 Å². The Morgan fingerprint density at radius 2 is 1.19 bits per heavy atom. The first kappa shape index (κ1) is 18.3. The fourth-order valence-corrected chi connectivity index (χ4v) is 1.03. The molecule has 2 aromatic rings. The Labute approximate surface area is 131 Å². The first-order valence-electron chi connectivity index (χ1n) is 4.90. The van der Waals surface area contributed by atoms with E-state index in [1.807, 2.05) is 37.4 Å². The van der Waals surface area contributed by atoms with Gasteiger partial charge < -0.3 is 48.0 Å². The van der Waals surface area contributed by atoms with Gasteiger partial charge in [-0.3, -0.25) is 9.97 Å². The Morgan fingerprint density at radius 3 is 1.31 bits per heavy atom. The van der Waals surface area contributed by atoms with Gasteiger partial charge in [-0.25, -0.2) is 9.13 Å². The first-order chi connectivity index (χ1) is 6.86. The molecular formula is C10H18I2N4. The quantitative estimate of drug-likeness (QED) is 0.341. The fraction of sp³-hybridized carbons (Fsp3) is 0.400. The molecule has 0 bridgehead atoms. The van der Waals surface area contributed by atoms with Crippen LogP contribution in [0.25, 0.3) is 0 Å². The largest absolute Gasteiger partial charge is 1.00 e. The summed E-state index contributed by atoms with van der Waals surface area (Å²) in [6.45, 7) is 6.30. The Kier molecular flexibility index (Phi) is 13.0. The summed E-state index contributed by atoms with van der Waals surface area (Å²) < 4.78 is 4.14. The van der Waals surface area contributed by atoms with Gasteiger partial charge in [0.2, 0.25) is 12.7 Å². The van der Waals surface area contributed by atoms with Gasteiger partial charge in [0.1, 0.15) is 24.8 Å². The monoisotopic (exact) mass is 448 g/mol. The maximum atomic E-state index is 2.94. The predicted octanol–water partition coefficient (Wildman–Crippen LogP) is -5.35. The molecule has 2 heterocycles. The van der Waals surface area contributed by atoms with Gasteiger partial charge in [-0.05, 0) is 13.8 Å². The molecule has 2 aromatic heterocycles. The Hall–Kier alpha value is -0.120. The molecule has 0 atom stereocenters. The van der Waals surface area contributed by atoms with E-state index in [1.54, 1.807) is 0 Å². The minimum Gasteiger partial charge on any atom is -1.00 e. The van der Waals surface area contributed by atoms with Crippen molar-refractivity contribution in [3.63, 3.8) is 0 Å². The van der Waals surface area contributed by atoms with Gasteiger partial charge in [0.15, 0.2) is 0 Å². The number of rotatable bonds is 2. The highest BCUT2D eigenvalue weighted by Gasteiger charge is 1.86. The van der Waals surface area contributed by atoms with Crippen LogP contribution in [0, 0.1) is 0 Å². The van der Waals surface area contributed by atoms with Crippen LogP contribution in [0.3, 0.4) is 0 Å². The molecular weight excluding hydrogens is 430 g/mol.